The van der Waals surface area contributed by atoms with E-state index in [2.05, 4.69) is 6.92 Å². The van der Waals surface area contributed by atoms with E-state index in [0.29, 0.717) is 30.4 Å². The van der Waals surface area contributed by atoms with Crippen molar-refractivity contribution in [3.05, 3.63) is 18.0 Å². The quantitative estimate of drug-likeness (QED) is 0.888. The van der Waals surface area contributed by atoms with Crippen LogP contribution < -0.4 is 5.73 Å². The molecule has 18 heavy (non-hydrogen) atoms. The largest absolute Gasteiger partial charge is 0.352 e. The number of piperidine rings is 1. The van der Waals surface area contributed by atoms with Crippen molar-refractivity contribution in [2.45, 2.75) is 31.2 Å². The molecular weight excluding hydrogens is 250 g/mol. The molecule has 1 saturated heterocycles. The fraction of sp³-hybridized carbons (Fsp3) is 0.667. The van der Waals surface area contributed by atoms with Gasteiger partial charge in [-0.25, -0.2) is 8.42 Å². The molecule has 1 aliphatic rings. The third-order valence-corrected chi connectivity index (χ3v) is 5.54. The van der Waals surface area contributed by atoms with E-state index in [0.717, 1.165) is 18.5 Å². The number of hydrogen-bond donors (Lipinski definition) is 1. The van der Waals surface area contributed by atoms with Gasteiger partial charge in [0.1, 0.15) is 4.90 Å². The first kappa shape index (κ1) is 13.6. The highest BCUT2D eigenvalue weighted by molar-refractivity contribution is 7.89. The molecule has 2 rings (SSSR count). The van der Waals surface area contributed by atoms with Crippen LogP contribution in [0.25, 0.3) is 0 Å². The standard InChI is InChI=1S/C12H21N3O2S/c1-10-3-5-15(6-4-10)18(16,17)12-7-11(8-13)14(2)9-12/h7,9-10H,3-6,8,13H2,1-2H3. The Kier molecular flexibility index (Phi) is 3.79. The van der Waals surface area contributed by atoms with Crippen LogP contribution >= 0.6 is 0 Å². The van der Waals surface area contributed by atoms with Crippen molar-refractivity contribution in [3.63, 3.8) is 0 Å². The molecule has 2 N–H and O–H groups in total. The minimum Gasteiger partial charge on any atom is -0.352 e. The molecule has 0 aromatic carbocycles. The summed E-state index contributed by atoms with van der Waals surface area (Å²) < 4.78 is 28.3. The van der Waals surface area contributed by atoms with Crippen LogP contribution in [0.5, 0.6) is 0 Å². The monoisotopic (exact) mass is 271 g/mol. The number of nitrogens with two attached hydrogens (primary N) is 1. The average molecular weight is 271 g/mol. The number of hydrogen-bond acceptors (Lipinski definition) is 3. The Bertz CT molecular complexity index is 513. The van der Waals surface area contributed by atoms with Gasteiger partial charge in [-0.15, -0.1) is 0 Å². The van der Waals surface area contributed by atoms with E-state index < -0.39 is 10.0 Å². The van der Waals surface area contributed by atoms with Gasteiger partial charge in [-0.05, 0) is 24.8 Å². The van der Waals surface area contributed by atoms with Crippen LogP contribution in [-0.4, -0.2) is 30.4 Å². The number of sulfonamides is 1. The average Bonchev–Trinajstić information content (AvgIpc) is 2.72. The number of nitrogens with zero attached hydrogens (tertiary/aromatic N) is 2. The highest BCUT2D eigenvalue weighted by Crippen LogP contribution is 2.24. The normalized spacial score (nSPS) is 19.3. The van der Waals surface area contributed by atoms with Crippen molar-refractivity contribution in [1.82, 2.24) is 8.87 Å². The lowest BCUT2D eigenvalue weighted by atomic mass is 10.0. The van der Waals surface area contributed by atoms with Crippen LogP contribution in [0.1, 0.15) is 25.5 Å². The number of aromatic nitrogens is 1. The molecule has 0 saturated carbocycles. The maximum absolute atomic E-state index is 12.4. The van der Waals surface area contributed by atoms with E-state index in [1.54, 1.807) is 21.1 Å². The van der Waals surface area contributed by atoms with E-state index in [4.69, 9.17) is 5.73 Å². The van der Waals surface area contributed by atoms with Gasteiger partial charge in [-0.1, -0.05) is 6.92 Å². The highest BCUT2D eigenvalue weighted by Gasteiger charge is 2.29. The summed E-state index contributed by atoms with van der Waals surface area (Å²) in [6.07, 6.45) is 3.53. The molecule has 0 unspecified atom stereocenters. The van der Waals surface area contributed by atoms with Crippen molar-refractivity contribution >= 4 is 10.0 Å². The molecule has 1 aliphatic heterocycles. The summed E-state index contributed by atoms with van der Waals surface area (Å²) in [4.78, 5) is 0.361. The third kappa shape index (κ3) is 2.46. The summed E-state index contributed by atoms with van der Waals surface area (Å²) in [7, 11) is -1.52. The summed E-state index contributed by atoms with van der Waals surface area (Å²) >= 11 is 0. The van der Waals surface area contributed by atoms with E-state index in [9.17, 15) is 8.42 Å². The minimum atomic E-state index is -3.34. The van der Waals surface area contributed by atoms with Crippen LogP contribution in [0, 0.1) is 5.92 Å². The Morgan fingerprint density at radius 2 is 2.00 bits per heavy atom. The molecular formula is C12H21N3O2S. The molecule has 5 nitrogen and oxygen atoms in total. The molecule has 102 valence electrons. The van der Waals surface area contributed by atoms with Gasteiger partial charge < -0.3 is 10.3 Å². The maximum atomic E-state index is 12.4. The zero-order chi connectivity index (χ0) is 13.3. The molecule has 1 fully saturated rings. The van der Waals surface area contributed by atoms with Crippen LogP contribution in [0.2, 0.25) is 0 Å². The smallest absolute Gasteiger partial charge is 0.244 e. The van der Waals surface area contributed by atoms with Crippen molar-refractivity contribution in [2.24, 2.45) is 18.7 Å². The Balaban J connectivity index is 2.24. The molecule has 1 aromatic rings. The van der Waals surface area contributed by atoms with Gasteiger partial charge in [0.25, 0.3) is 0 Å². The Hall–Kier alpha value is -0.850. The lowest BCUT2D eigenvalue weighted by Crippen LogP contribution is -2.37. The van der Waals surface area contributed by atoms with Crippen LogP contribution in [0.15, 0.2) is 17.2 Å². The second kappa shape index (κ2) is 5.03. The van der Waals surface area contributed by atoms with E-state index in [1.807, 2.05) is 7.05 Å². The van der Waals surface area contributed by atoms with Gasteiger partial charge >= 0.3 is 0 Å². The molecule has 6 heteroatoms. The maximum Gasteiger partial charge on any atom is 0.244 e. The first-order valence-electron chi connectivity index (χ1n) is 6.30. The fourth-order valence-electron chi connectivity index (χ4n) is 2.30. The Labute approximate surface area is 109 Å². The molecule has 0 bridgehead atoms. The number of aryl methyl sites for hydroxylation is 1. The van der Waals surface area contributed by atoms with Crippen molar-refractivity contribution < 1.29 is 8.42 Å². The SMILES string of the molecule is CC1CCN(S(=O)(=O)c2cc(CN)n(C)c2)CC1. The first-order chi connectivity index (χ1) is 8.45. The predicted molar refractivity (Wildman–Crippen MR) is 70.5 cm³/mol. The van der Waals surface area contributed by atoms with E-state index >= 15 is 0 Å². The fourth-order valence-corrected chi connectivity index (χ4v) is 3.86. The predicted octanol–water partition coefficient (Wildman–Crippen LogP) is 0.904. The molecule has 0 aliphatic carbocycles. The first-order valence-corrected chi connectivity index (χ1v) is 7.74. The van der Waals surface area contributed by atoms with Crippen molar-refractivity contribution in [3.8, 4) is 0 Å². The lowest BCUT2D eigenvalue weighted by Gasteiger charge is -2.29. The second-order valence-corrected chi connectivity index (χ2v) is 7.01. The van der Waals surface area contributed by atoms with Gasteiger partial charge in [0.05, 0.1) is 0 Å². The second-order valence-electron chi connectivity index (χ2n) is 5.07. The van der Waals surface area contributed by atoms with Gasteiger partial charge in [0.15, 0.2) is 0 Å². The molecule has 0 atom stereocenters. The van der Waals surface area contributed by atoms with Crippen LogP contribution in [0.4, 0.5) is 0 Å². The summed E-state index contributed by atoms with van der Waals surface area (Å²) in [5.74, 6) is 0.617. The molecule has 0 spiro atoms. The topological polar surface area (TPSA) is 68.3 Å². The summed E-state index contributed by atoms with van der Waals surface area (Å²) in [6.45, 7) is 3.76. The summed E-state index contributed by atoms with van der Waals surface area (Å²) in [5.41, 5.74) is 6.41. The molecule has 2 heterocycles. The van der Waals surface area contributed by atoms with Gasteiger partial charge in [-0.3, -0.25) is 0 Å². The summed E-state index contributed by atoms with van der Waals surface area (Å²) in [5, 5.41) is 0. The zero-order valence-corrected chi connectivity index (χ0v) is 11.8. The highest BCUT2D eigenvalue weighted by atomic mass is 32.2. The Morgan fingerprint density at radius 3 is 2.50 bits per heavy atom. The molecule has 0 amide bonds. The lowest BCUT2D eigenvalue weighted by molar-refractivity contribution is 0.288. The van der Waals surface area contributed by atoms with Gasteiger partial charge in [-0.2, -0.15) is 4.31 Å². The zero-order valence-electron chi connectivity index (χ0n) is 11.0. The van der Waals surface area contributed by atoms with Crippen molar-refractivity contribution in [1.29, 1.82) is 0 Å². The van der Waals surface area contributed by atoms with Crippen LogP contribution in [0.3, 0.4) is 0 Å². The minimum absolute atomic E-state index is 0.350. The third-order valence-electron chi connectivity index (χ3n) is 3.67. The van der Waals surface area contributed by atoms with Gasteiger partial charge in [0.2, 0.25) is 10.0 Å². The van der Waals surface area contributed by atoms with Crippen LogP contribution in [-0.2, 0) is 23.6 Å². The summed E-state index contributed by atoms with van der Waals surface area (Å²) in [6, 6.07) is 1.67. The number of rotatable bonds is 3. The molecule has 0 radical (unpaired) electrons. The van der Waals surface area contributed by atoms with Gasteiger partial charge in [0, 0.05) is 38.6 Å². The van der Waals surface area contributed by atoms with Crippen molar-refractivity contribution in [2.75, 3.05) is 13.1 Å². The van der Waals surface area contributed by atoms with E-state index in [1.165, 1.54) is 0 Å². The Morgan fingerprint density at radius 1 is 1.39 bits per heavy atom. The molecule has 1 aromatic heterocycles. The van der Waals surface area contributed by atoms with E-state index in [-0.39, 0.29) is 0 Å².